The molecule has 5 heterocycles. The molecule has 0 N–H and O–H groups in total. The first-order valence-electron chi connectivity index (χ1n) is 7.48. The molecule has 2 bridgehead atoms. The van der Waals surface area contributed by atoms with Crippen molar-refractivity contribution in [1.82, 2.24) is 0 Å². The van der Waals surface area contributed by atoms with Crippen molar-refractivity contribution in [2.45, 2.75) is 63.1 Å². The van der Waals surface area contributed by atoms with Crippen LogP contribution in [0.15, 0.2) is 0 Å². The molecular weight excluding hydrogens is 263 g/mol. The lowest BCUT2D eigenvalue weighted by Crippen LogP contribution is -2.64. The van der Waals surface area contributed by atoms with Crippen LogP contribution >= 0.6 is 7.92 Å². The van der Waals surface area contributed by atoms with Crippen LogP contribution in [-0.4, -0.2) is 35.8 Å². The molecule has 5 rings (SSSR count). The fourth-order valence-electron chi connectivity index (χ4n) is 4.31. The summed E-state index contributed by atoms with van der Waals surface area (Å²) in [7, 11) is -0.266. The molecular formula is C14H23O4P. The van der Waals surface area contributed by atoms with Crippen molar-refractivity contribution in [3.05, 3.63) is 0 Å². The largest absolute Gasteiger partial charge is 0.349 e. The summed E-state index contributed by atoms with van der Waals surface area (Å²) in [4.78, 5) is 11.8. The van der Waals surface area contributed by atoms with Crippen LogP contribution in [0, 0.1) is 11.8 Å². The number of fused-ring (bicyclic) bond motifs is 2. The molecule has 5 saturated heterocycles. The first-order chi connectivity index (χ1) is 9.05. The molecule has 0 amide bonds. The Morgan fingerprint density at radius 3 is 2.84 bits per heavy atom. The second-order valence-corrected chi connectivity index (χ2v) is 9.76. The zero-order valence-electron chi connectivity index (χ0n) is 11.9. The molecule has 5 aliphatic heterocycles. The second kappa shape index (κ2) is 4.14. The Morgan fingerprint density at radius 1 is 1.16 bits per heavy atom. The lowest BCUT2D eigenvalue weighted by atomic mass is 9.81. The Balaban J connectivity index is 1.81. The van der Waals surface area contributed by atoms with E-state index < -0.39 is 5.79 Å². The zero-order valence-corrected chi connectivity index (χ0v) is 12.8. The fraction of sp³-hybridized carbons (Fsp3) is 1.00. The topological polar surface area (TPSA) is 36.9 Å². The second-order valence-electron chi connectivity index (χ2n) is 6.79. The molecule has 0 aromatic heterocycles. The van der Waals surface area contributed by atoms with Gasteiger partial charge in [-0.3, -0.25) is 0 Å². The monoisotopic (exact) mass is 286 g/mol. The van der Waals surface area contributed by atoms with Gasteiger partial charge in [0, 0.05) is 12.3 Å². The molecule has 7 atom stereocenters. The predicted octanol–water partition coefficient (Wildman–Crippen LogP) is 3.05. The van der Waals surface area contributed by atoms with Crippen LogP contribution in [-0.2, 0) is 19.2 Å². The summed E-state index contributed by atoms with van der Waals surface area (Å²) in [5, 5.41) is -0.305. The van der Waals surface area contributed by atoms with E-state index in [2.05, 4.69) is 13.8 Å². The maximum Gasteiger partial charge on any atom is 0.202 e. The van der Waals surface area contributed by atoms with Crippen molar-refractivity contribution in [1.29, 1.82) is 0 Å². The van der Waals surface area contributed by atoms with E-state index in [9.17, 15) is 0 Å². The van der Waals surface area contributed by atoms with E-state index in [0.29, 0.717) is 11.8 Å². The lowest BCUT2D eigenvalue weighted by molar-refractivity contribution is -0.544. The smallest absolute Gasteiger partial charge is 0.202 e. The molecule has 4 nitrogen and oxygen atoms in total. The highest BCUT2D eigenvalue weighted by Crippen LogP contribution is 2.71. The van der Waals surface area contributed by atoms with Gasteiger partial charge in [-0.05, 0) is 37.5 Å². The van der Waals surface area contributed by atoms with Crippen molar-refractivity contribution in [2.75, 3.05) is 12.8 Å². The van der Waals surface area contributed by atoms with Crippen molar-refractivity contribution in [2.24, 2.45) is 11.8 Å². The molecule has 0 saturated carbocycles. The molecule has 1 spiro atoms. The lowest BCUT2D eigenvalue weighted by Gasteiger charge is -2.58. The van der Waals surface area contributed by atoms with Gasteiger partial charge in [0.15, 0.2) is 11.6 Å². The molecule has 5 fully saturated rings. The van der Waals surface area contributed by atoms with Gasteiger partial charge in [0.1, 0.15) is 0 Å². The van der Waals surface area contributed by atoms with Crippen LogP contribution in [0.4, 0.5) is 0 Å². The van der Waals surface area contributed by atoms with Gasteiger partial charge < -0.3 is 9.47 Å². The van der Waals surface area contributed by atoms with Gasteiger partial charge in [0.25, 0.3) is 0 Å². The van der Waals surface area contributed by atoms with Gasteiger partial charge in [-0.15, -0.1) is 0 Å². The predicted molar refractivity (Wildman–Crippen MR) is 71.9 cm³/mol. The average molecular weight is 286 g/mol. The average Bonchev–Trinajstić information content (AvgIpc) is 2.61. The van der Waals surface area contributed by atoms with E-state index in [1.54, 1.807) is 0 Å². The molecule has 5 heteroatoms. The summed E-state index contributed by atoms with van der Waals surface area (Å²) < 4.78 is 12.2. The van der Waals surface area contributed by atoms with Gasteiger partial charge in [0.2, 0.25) is 5.79 Å². The van der Waals surface area contributed by atoms with Gasteiger partial charge in [0.05, 0.1) is 6.61 Å². The van der Waals surface area contributed by atoms with Crippen LogP contribution in [0.25, 0.3) is 0 Å². The van der Waals surface area contributed by atoms with Crippen LogP contribution in [0.3, 0.4) is 0 Å². The van der Waals surface area contributed by atoms with Crippen molar-refractivity contribution in [3.63, 3.8) is 0 Å². The number of rotatable bonds is 0. The Kier molecular flexibility index (Phi) is 2.83. The highest BCUT2D eigenvalue weighted by Gasteiger charge is 2.67. The van der Waals surface area contributed by atoms with Gasteiger partial charge in [-0.2, -0.15) is 0 Å². The molecule has 0 aromatic rings. The minimum Gasteiger partial charge on any atom is -0.349 e. The number of hydrogen-bond donors (Lipinski definition) is 0. The van der Waals surface area contributed by atoms with Crippen LogP contribution in [0.1, 0.15) is 40.0 Å². The maximum atomic E-state index is 6.17. The van der Waals surface area contributed by atoms with E-state index in [1.165, 1.54) is 19.0 Å². The normalized spacial score (nSPS) is 60.5. The first-order valence-corrected chi connectivity index (χ1v) is 9.08. The molecule has 5 aliphatic rings. The molecule has 3 unspecified atom stereocenters. The molecule has 0 radical (unpaired) electrons. The van der Waals surface area contributed by atoms with Gasteiger partial charge in [-0.1, -0.05) is 21.8 Å². The minimum absolute atomic E-state index is 0.219. The van der Waals surface area contributed by atoms with Crippen molar-refractivity contribution >= 4 is 7.92 Å². The van der Waals surface area contributed by atoms with E-state index in [0.717, 1.165) is 18.7 Å². The highest BCUT2D eigenvalue weighted by atomic mass is 31.1. The molecule has 0 aliphatic carbocycles. The zero-order chi connectivity index (χ0) is 13.3. The molecule has 0 aromatic carbocycles. The SMILES string of the molecule is CC1CO[C@@H]2OC3(C)CCP4[C@H](C)CC[C@@H]1[C@@]24OO3. The van der Waals surface area contributed by atoms with Gasteiger partial charge >= 0.3 is 0 Å². The van der Waals surface area contributed by atoms with Crippen LogP contribution < -0.4 is 0 Å². The molecule has 19 heavy (non-hydrogen) atoms. The summed E-state index contributed by atoms with van der Waals surface area (Å²) in [6, 6.07) is 0. The standard InChI is InChI=1S/C14H23O4P/c1-9-8-15-12-14-11(9)5-4-10(2)19(14)7-6-13(3,16-12)17-18-14/h9-12H,4-8H2,1-3H3/t9?,10-,11+,12-,13?,14+,19?/m1/s1. The van der Waals surface area contributed by atoms with Gasteiger partial charge in [-0.25, -0.2) is 9.78 Å². The van der Waals surface area contributed by atoms with E-state index in [1.807, 2.05) is 6.92 Å². The highest BCUT2D eigenvalue weighted by molar-refractivity contribution is 7.60. The third kappa shape index (κ3) is 1.64. The Morgan fingerprint density at radius 2 is 2.00 bits per heavy atom. The van der Waals surface area contributed by atoms with Crippen molar-refractivity contribution < 1.29 is 19.2 Å². The van der Waals surface area contributed by atoms with Crippen molar-refractivity contribution in [3.8, 4) is 0 Å². The fourth-order valence-corrected chi connectivity index (χ4v) is 8.23. The van der Waals surface area contributed by atoms with E-state index in [-0.39, 0.29) is 19.6 Å². The summed E-state index contributed by atoms with van der Waals surface area (Å²) >= 11 is 0. The third-order valence-corrected chi connectivity index (χ3v) is 9.00. The summed E-state index contributed by atoms with van der Waals surface area (Å²) in [6.45, 7) is 7.42. The molecule has 108 valence electrons. The third-order valence-electron chi connectivity index (χ3n) is 5.46. The summed E-state index contributed by atoms with van der Waals surface area (Å²) in [5.41, 5.74) is 0.718. The van der Waals surface area contributed by atoms with Crippen LogP contribution in [0.5, 0.6) is 0 Å². The van der Waals surface area contributed by atoms with E-state index in [4.69, 9.17) is 19.2 Å². The minimum atomic E-state index is -0.611. The Bertz CT molecular complexity index is 392. The number of hydrogen-bond acceptors (Lipinski definition) is 4. The first kappa shape index (κ1) is 13.0. The summed E-state index contributed by atoms with van der Waals surface area (Å²) in [5.74, 6) is 0.445. The maximum absolute atomic E-state index is 6.17. The quantitative estimate of drug-likeness (QED) is 0.506. The van der Waals surface area contributed by atoms with Crippen LogP contribution in [0.2, 0.25) is 0 Å². The van der Waals surface area contributed by atoms with E-state index >= 15 is 0 Å². The Hall–Kier alpha value is 0.270. The Labute approximate surface area is 115 Å². The number of ether oxygens (including phenoxy) is 2. The summed E-state index contributed by atoms with van der Waals surface area (Å²) in [6.07, 6.45) is 4.41.